The number of nitrogens with one attached hydrogen (secondary N) is 1. The van der Waals surface area contributed by atoms with Gasteiger partial charge in [0.15, 0.2) is 0 Å². The van der Waals surface area contributed by atoms with E-state index in [-0.39, 0.29) is 12.0 Å². The van der Waals surface area contributed by atoms with Crippen LogP contribution in [0.4, 0.5) is 13.2 Å². The second kappa shape index (κ2) is 10.9. The summed E-state index contributed by atoms with van der Waals surface area (Å²) < 4.78 is 48.4. The summed E-state index contributed by atoms with van der Waals surface area (Å²) in [5.74, 6) is -1.16. The first kappa shape index (κ1) is 27.7. The van der Waals surface area contributed by atoms with Crippen LogP contribution in [0.2, 0.25) is 0 Å². The average Bonchev–Trinajstić information content (AvgIpc) is 3.63. The Bertz CT molecular complexity index is 1640. The zero-order valence-corrected chi connectivity index (χ0v) is 23.5. The van der Waals surface area contributed by atoms with Crippen LogP contribution in [0, 0.1) is 11.3 Å². The molecule has 6 heterocycles. The van der Waals surface area contributed by atoms with E-state index >= 15 is 0 Å². The topological polar surface area (TPSA) is 125 Å². The quantitative estimate of drug-likeness (QED) is 0.321. The van der Waals surface area contributed by atoms with Crippen LogP contribution in [-0.2, 0) is 18.3 Å². The normalized spacial score (nSPS) is 22.6. The van der Waals surface area contributed by atoms with E-state index in [0.717, 1.165) is 54.6 Å². The van der Waals surface area contributed by atoms with Crippen molar-refractivity contribution in [2.45, 2.75) is 68.9 Å². The summed E-state index contributed by atoms with van der Waals surface area (Å²) >= 11 is 0. The second-order valence-electron chi connectivity index (χ2n) is 11.8. The molecule has 0 amide bonds. The van der Waals surface area contributed by atoms with Crippen LogP contribution in [-0.4, -0.2) is 82.8 Å². The van der Waals surface area contributed by atoms with Gasteiger partial charge in [-0.15, -0.1) is 0 Å². The Kier molecular flexibility index (Phi) is 7.01. The Morgan fingerprint density at radius 2 is 1.93 bits per heavy atom. The fourth-order valence-electron chi connectivity index (χ4n) is 6.47. The molecule has 43 heavy (non-hydrogen) atoms. The van der Waals surface area contributed by atoms with Crippen LogP contribution in [0.25, 0.3) is 22.3 Å². The lowest BCUT2D eigenvalue weighted by Gasteiger charge is -2.53. The SMILES string of the molecule is N#CCC1(n2cc(-c3ncnc4[nH]ccc34)cn2)CN([C@H]2CC[C@@H](Oc3cc(CN4CCC4)nc(C(F)(F)F)n3)CC2)C1. The summed E-state index contributed by atoms with van der Waals surface area (Å²) in [6.45, 7) is 3.47. The number of ether oxygens (including phenoxy) is 1. The van der Waals surface area contributed by atoms with Gasteiger partial charge in [-0.1, -0.05) is 0 Å². The predicted octanol–water partition coefficient (Wildman–Crippen LogP) is 4.15. The minimum Gasteiger partial charge on any atom is -0.474 e. The van der Waals surface area contributed by atoms with E-state index in [1.165, 1.54) is 6.33 Å². The number of alkyl halides is 3. The molecule has 2 aliphatic heterocycles. The maximum Gasteiger partial charge on any atom is 0.451 e. The number of nitrogens with zero attached hydrogens (tertiary/aromatic N) is 9. The van der Waals surface area contributed by atoms with E-state index in [9.17, 15) is 18.4 Å². The molecule has 3 fully saturated rings. The monoisotopic (exact) mass is 592 g/mol. The predicted molar refractivity (Wildman–Crippen MR) is 148 cm³/mol. The van der Waals surface area contributed by atoms with Crippen molar-refractivity contribution in [1.82, 2.24) is 44.5 Å². The lowest BCUT2D eigenvalue weighted by molar-refractivity contribution is -0.145. The van der Waals surface area contributed by atoms with Crippen LogP contribution < -0.4 is 4.74 Å². The Morgan fingerprint density at radius 1 is 1.12 bits per heavy atom. The Hall–Kier alpha value is -4.09. The van der Waals surface area contributed by atoms with Crippen molar-refractivity contribution in [2.24, 2.45) is 0 Å². The molecule has 1 N–H and O–H groups in total. The Balaban J connectivity index is 0.986. The molecule has 0 aromatic carbocycles. The molecule has 4 aromatic heterocycles. The Labute approximate surface area is 245 Å². The van der Waals surface area contributed by atoms with Gasteiger partial charge >= 0.3 is 6.18 Å². The third-order valence-corrected chi connectivity index (χ3v) is 8.89. The third-order valence-electron chi connectivity index (χ3n) is 8.89. The average molecular weight is 593 g/mol. The van der Waals surface area contributed by atoms with Gasteiger partial charge in [0.2, 0.25) is 11.7 Å². The first-order valence-electron chi connectivity index (χ1n) is 14.6. The maximum atomic E-state index is 13.5. The number of halogens is 3. The van der Waals surface area contributed by atoms with Crippen molar-refractivity contribution < 1.29 is 17.9 Å². The number of aromatic amines is 1. The first-order valence-corrected chi connectivity index (χ1v) is 14.6. The van der Waals surface area contributed by atoms with Crippen LogP contribution in [0.1, 0.15) is 50.0 Å². The molecule has 11 nitrogen and oxygen atoms in total. The van der Waals surface area contributed by atoms with Gasteiger partial charge in [0, 0.05) is 55.1 Å². The molecule has 2 saturated heterocycles. The fraction of sp³-hybridized carbons (Fsp3) is 0.517. The largest absolute Gasteiger partial charge is 0.474 e. The molecule has 0 spiro atoms. The molecule has 0 atom stereocenters. The zero-order valence-electron chi connectivity index (χ0n) is 23.5. The summed E-state index contributed by atoms with van der Waals surface area (Å²) in [5.41, 5.74) is 2.32. The molecular weight excluding hydrogens is 561 g/mol. The molecule has 1 saturated carbocycles. The van der Waals surface area contributed by atoms with E-state index in [2.05, 4.69) is 45.9 Å². The van der Waals surface area contributed by atoms with Crippen molar-refractivity contribution in [3.8, 4) is 23.2 Å². The highest BCUT2D eigenvalue weighted by Gasteiger charge is 2.48. The smallest absolute Gasteiger partial charge is 0.451 e. The lowest BCUT2D eigenvalue weighted by Crippen LogP contribution is -2.65. The molecule has 224 valence electrons. The minimum absolute atomic E-state index is 0.00613. The lowest BCUT2D eigenvalue weighted by atomic mass is 9.82. The van der Waals surface area contributed by atoms with Gasteiger partial charge in [0.05, 0.1) is 30.1 Å². The molecular formula is C29H31F3N10O. The molecule has 7 rings (SSSR count). The van der Waals surface area contributed by atoms with Crippen LogP contribution in [0.3, 0.4) is 0 Å². The maximum absolute atomic E-state index is 13.5. The molecule has 0 radical (unpaired) electrons. The van der Waals surface area contributed by atoms with Gasteiger partial charge in [-0.05, 0) is 51.3 Å². The highest BCUT2D eigenvalue weighted by atomic mass is 19.4. The van der Waals surface area contributed by atoms with Gasteiger partial charge < -0.3 is 9.72 Å². The number of fused-ring (bicyclic) bond motifs is 1. The summed E-state index contributed by atoms with van der Waals surface area (Å²) in [5, 5.41) is 15.2. The Morgan fingerprint density at radius 3 is 2.65 bits per heavy atom. The molecule has 3 aliphatic rings. The van der Waals surface area contributed by atoms with Crippen molar-refractivity contribution in [3.63, 3.8) is 0 Å². The highest BCUT2D eigenvalue weighted by molar-refractivity contribution is 5.90. The van der Waals surface area contributed by atoms with E-state index in [1.54, 1.807) is 12.3 Å². The fourth-order valence-corrected chi connectivity index (χ4v) is 6.47. The third kappa shape index (κ3) is 5.43. The second-order valence-corrected chi connectivity index (χ2v) is 11.8. The van der Waals surface area contributed by atoms with Crippen LogP contribution >= 0.6 is 0 Å². The molecule has 0 unspecified atom stereocenters. The van der Waals surface area contributed by atoms with Crippen molar-refractivity contribution >= 4 is 11.0 Å². The summed E-state index contributed by atoms with van der Waals surface area (Å²) in [6, 6.07) is 6.14. The van der Waals surface area contributed by atoms with Crippen molar-refractivity contribution in [1.29, 1.82) is 5.26 Å². The molecule has 0 bridgehead atoms. The van der Waals surface area contributed by atoms with E-state index < -0.39 is 17.5 Å². The highest BCUT2D eigenvalue weighted by Crippen LogP contribution is 2.39. The minimum atomic E-state index is -4.63. The van der Waals surface area contributed by atoms with E-state index in [1.807, 2.05) is 23.1 Å². The summed E-state index contributed by atoms with van der Waals surface area (Å²) in [6.07, 6.45) is 6.76. The van der Waals surface area contributed by atoms with Gasteiger partial charge in [0.1, 0.15) is 23.6 Å². The van der Waals surface area contributed by atoms with Gasteiger partial charge in [-0.25, -0.2) is 15.0 Å². The van der Waals surface area contributed by atoms with Gasteiger partial charge in [0.25, 0.3) is 0 Å². The zero-order chi connectivity index (χ0) is 29.6. The first-order chi connectivity index (χ1) is 20.8. The summed E-state index contributed by atoms with van der Waals surface area (Å²) in [7, 11) is 0. The number of H-pyrrole nitrogens is 1. The number of aromatic nitrogens is 7. The van der Waals surface area contributed by atoms with Crippen molar-refractivity contribution in [2.75, 3.05) is 26.2 Å². The van der Waals surface area contributed by atoms with Gasteiger partial charge in [-0.2, -0.15) is 28.5 Å². The van der Waals surface area contributed by atoms with Gasteiger partial charge in [-0.3, -0.25) is 14.5 Å². The van der Waals surface area contributed by atoms with E-state index in [0.29, 0.717) is 50.6 Å². The number of hydrogen-bond acceptors (Lipinski definition) is 9. The molecule has 14 heteroatoms. The van der Waals surface area contributed by atoms with Crippen LogP contribution in [0.5, 0.6) is 5.88 Å². The van der Waals surface area contributed by atoms with E-state index in [4.69, 9.17) is 4.74 Å². The number of likely N-dealkylation sites (tertiary alicyclic amines) is 2. The number of rotatable bonds is 8. The number of nitriles is 1. The standard InChI is InChI=1S/C29H31F3N10O/c30-29(31,32)27-38-20(15-40-10-1-11-40)12-24(39-27)43-22-4-2-21(3-5-22)41-16-28(17-41,7-8-33)42-14-19(13-37-42)25-23-6-9-34-26(23)36-18-35-25/h6,9,12-14,18,21-22H,1-5,7,10-11,15-17H2,(H,34,35,36)/t21-,22+. The van der Waals surface area contributed by atoms with Crippen molar-refractivity contribution in [3.05, 3.63) is 48.6 Å². The van der Waals surface area contributed by atoms with Crippen LogP contribution in [0.15, 0.2) is 37.1 Å². The molecule has 1 aliphatic carbocycles. The molecule has 4 aromatic rings. The number of hydrogen-bond donors (Lipinski definition) is 1. The summed E-state index contributed by atoms with van der Waals surface area (Å²) in [4.78, 5) is 23.7.